The zero-order valence-corrected chi connectivity index (χ0v) is 18.1. The van der Waals surface area contributed by atoms with Gasteiger partial charge in [-0.1, -0.05) is 30.3 Å². The molecule has 0 aliphatic carbocycles. The Morgan fingerprint density at radius 3 is 2.29 bits per heavy atom. The molecule has 1 aromatic carbocycles. The molecule has 4 rings (SSSR count). The van der Waals surface area contributed by atoms with Crippen molar-refractivity contribution in [3.05, 3.63) is 60.1 Å². The van der Waals surface area contributed by atoms with E-state index in [1.54, 1.807) is 11.0 Å². The fraction of sp³-hybridized carbons (Fsp3) is 0.455. The molecule has 8 nitrogen and oxygen atoms in total. The van der Waals surface area contributed by atoms with Crippen LogP contribution in [0.3, 0.4) is 0 Å². The van der Waals surface area contributed by atoms with E-state index in [4.69, 9.17) is 4.42 Å². The highest BCUT2D eigenvalue weighted by Gasteiger charge is 2.34. The van der Waals surface area contributed by atoms with E-state index in [0.29, 0.717) is 44.6 Å². The Kier molecular flexibility index (Phi) is 6.43. The molecule has 1 aromatic heterocycles. The average Bonchev–Trinajstić information content (AvgIpc) is 3.31. The van der Waals surface area contributed by atoms with E-state index >= 15 is 0 Å². The van der Waals surface area contributed by atoms with Crippen LogP contribution in [0.25, 0.3) is 0 Å². The highest BCUT2D eigenvalue weighted by atomic mass is 32.2. The molecule has 9 heteroatoms. The maximum Gasteiger partial charge on any atom is 0.257 e. The normalized spacial score (nSPS) is 20.8. The predicted octanol–water partition coefficient (Wildman–Crippen LogP) is 1.47. The molecule has 2 aliphatic rings. The second-order valence-corrected chi connectivity index (χ2v) is 10.4. The summed E-state index contributed by atoms with van der Waals surface area (Å²) < 4.78 is 28.7. The molecule has 1 N–H and O–H groups in total. The van der Waals surface area contributed by atoms with Crippen LogP contribution in [-0.4, -0.2) is 73.8 Å². The Morgan fingerprint density at radius 2 is 1.68 bits per heavy atom. The molecule has 1 unspecified atom stereocenters. The number of hydrogen-bond acceptors (Lipinski definition) is 6. The monoisotopic (exact) mass is 445 g/mol. The third-order valence-electron chi connectivity index (χ3n) is 6.00. The molecule has 0 saturated carbocycles. The van der Waals surface area contributed by atoms with E-state index in [1.807, 2.05) is 35.2 Å². The van der Waals surface area contributed by atoms with E-state index < -0.39 is 15.9 Å². The number of nitrogens with one attached hydrogen (secondary N) is 1. The van der Waals surface area contributed by atoms with Gasteiger partial charge in [-0.25, -0.2) is 8.42 Å². The first kappa shape index (κ1) is 21.6. The summed E-state index contributed by atoms with van der Waals surface area (Å²) in [5.41, 5.74) is 1.39. The molecule has 2 amide bonds. The minimum Gasteiger partial charge on any atom is -0.472 e. The van der Waals surface area contributed by atoms with Gasteiger partial charge in [0.15, 0.2) is 9.84 Å². The van der Waals surface area contributed by atoms with Crippen LogP contribution in [0.5, 0.6) is 0 Å². The van der Waals surface area contributed by atoms with Crippen LogP contribution in [0.4, 0.5) is 0 Å². The van der Waals surface area contributed by atoms with Gasteiger partial charge in [-0.05, 0) is 24.5 Å². The van der Waals surface area contributed by atoms with Crippen molar-refractivity contribution in [3.8, 4) is 0 Å². The highest BCUT2D eigenvalue weighted by molar-refractivity contribution is 7.91. The quantitative estimate of drug-likeness (QED) is 0.748. The number of piperidine rings is 1. The van der Waals surface area contributed by atoms with Gasteiger partial charge in [0.2, 0.25) is 5.91 Å². The summed E-state index contributed by atoms with van der Waals surface area (Å²) in [7, 11) is -3.03. The topological polar surface area (TPSA) is 99.9 Å². The Labute approximate surface area is 182 Å². The molecule has 31 heavy (non-hydrogen) atoms. The average molecular weight is 446 g/mol. The van der Waals surface area contributed by atoms with Gasteiger partial charge in [0, 0.05) is 32.2 Å². The lowest BCUT2D eigenvalue weighted by atomic mass is 10.0. The van der Waals surface area contributed by atoms with Crippen LogP contribution in [0.1, 0.15) is 34.8 Å². The van der Waals surface area contributed by atoms with Crippen LogP contribution >= 0.6 is 0 Å². The Balaban J connectivity index is 1.39. The lowest BCUT2D eigenvalue weighted by Crippen LogP contribution is -2.51. The van der Waals surface area contributed by atoms with Gasteiger partial charge < -0.3 is 14.6 Å². The largest absolute Gasteiger partial charge is 0.472 e. The zero-order valence-electron chi connectivity index (χ0n) is 17.3. The number of benzene rings is 1. The van der Waals surface area contributed by atoms with E-state index in [-0.39, 0.29) is 29.4 Å². The van der Waals surface area contributed by atoms with Crippen LogP contribution in [0.2, 0.25) is 0 Å². The molecule has 1 atom stereocenters. The fourth-order valence-electron chi connectivity index (χ4n) is 4.22. The summed E-state index contributed by atoms with van der Waals surface area (Å²) >= 11 is 0. The third kappa shape index (κ3) is 5.16. The van der Waals surface area contributed by atoms with E-state index in [9.17, 15) is 18.0 Å². The maximum absolute atomic E-state index is 13.3. The summed E-state index contributed by atoms with van der Waals surface area (Å²) in [6, 6.07) is 10.6. The third-order valence-corrected chi connectivity index (χ3v) is 7.61. The predicted molar refractivity (Wildman–Crippen MR) is 115 cm³/mol. The molecule has 0 spiro atoms. The van der Waals surface area contributed by atoms with Gasteiger partial charge in [-0.3, -0.25) is 14.5 Å². The second-order valence-electron chi connectivity index (χ2n) is 8.09. The number of nitrogens with zero attached hydrogens (tertiary/aromatic N) is 2. The lowest BCUT2D eigenvalue weighted by Gasteiger charge is -2.36. The number of furan rings is 1. The molecule has 2 aromatic rings. The van der Waals surface area contributed by atoms with Crippen molar-refractivity contribution >= 4 is 21.7 Å². The number of rotatable bonds is 5. The number of amides is 2. The van der Waals surface area contributed by atoms with Gasteiger partial charge in [0.25, 0.3) is 5.91 Å². The Morgan fingerprint density at radius 1 is 1.00 bits per heavy atom. The van der Waals surface area contributed by atoms with Crippen LogP contribution < -0.4 is 5.32 Å². The standard InChI is InChI=1S/C22H27N3O5S/c26-21(23-19-6-9-25(10-7-19)22(27)18-8-13-30-16-18)20(17-4-2-1-3-5-17)24-11-14-31(28,29)15-12-24/h1-5,8,13,16,19-20H,6-7,9-12,14-15H2,(H,23,26). The number of likely N-dealkylation sites (tertiary alicyclic amines) is 1. The highest BCUT2D eigenvalue weighted by Crippen LogP contribution is 2.24. The van der Waals surface area contributed by atoms with Gasteiger partial charge in [0.1, 0.15) is 12.3 Å². The molecular formula is C22H27N3O5S. The maximum atomic E-state index is 13.3. The summed E-state index contributed by atoms with van der Waals surface area (Å²) in [4.78, 5) is 29.5. The van der Waals surface area contributed by atoms with Crippen LogP contribution in [0, 0.1) is 0 Å². The molecule has 3 heterocycles. The van der Waals surface area contributed by atoms with Gasteiger partial charge in [-0.2, -0.15) is 0 Å². The first-order valence-corrected chi connectivity index (χ1v) is 12.4. The zero-order chi connectivity index (χ0) is 21.8. The minimum atomic E-state index is -3.03. The van der Waals surface area contributed by atoms with Crippen molar-refractivity contribution in [2.24, 2.45) is 0 Å². The van der Waals surface area contributed by atoms with Gasteiger partial charge >= 0.3 is 0 Å². The molecule has 0 radical (unpaired) electrons. The fourth-order valence-corrected chi connectivity index (χ4v) is 5.45. The van der Waals surface area contributed by atoms with Crippen molar-refractivity contribution in [3.63, 3.8) is 0 Å². The number of carbonyl (C=O) groups is 2. The smallest absolute Gasteiger partial charge is 0.257 e. The molecule has 2 saturated heterocycles. The summed E-state index contributed by atoms with van der Waals surface area (Å²) in [6.07, 6.45) is 4.27. The van der Waals surface area contributed by atoms with Crippen molar-refractivity contribution in [2.75, 3.05) is 37.7 Å². The summed E-state index contributed by atoms with van der Waals surface area (Å²) in [5.74, 6) is -0.0451. The number of carbonyl (C=O) groups excluding carboxylic acids is 2. The van der Waals surface area contributed by atoms with E-state index in [2.05, 4.69) is 5.32 Å². The minimum absolute atomic E-state index is 0.0272. The van der Waals surface area contributed by atoms with Crippen LogP contribution in [-0.2, 0) is 14.6 Å². The first-order chi connectivity index (χ1) is 14.9. The summed E-state index contributed by atoms with van der Waals surface area (Å²) in [5, 5.41) is 3.14. The lowest BCUT2D eigenvalue weighted by molar-refractivity contribution is -0.127. The molecule has 2 aliphatic heterocycles. The number of hydrogen-bond donors (Lipinski definition) is 1. The Hall–Kier alpha value is -2.65. The van der Waals surface area contributed by atoms with Crippen molar-refractivity contribution in [2.45, 2.75) is 24.9 Å². The molecule has 0 bridgehead atoms. The SMILES string of the molecule is O=C(NC1CCN(C(=O)c2ccoc2)CC1)C(c1ccccc1)N1CCS(=O)(=O)CC1. The first-order valence-electron chi connectivity index (χ1n) is 10.5. The molecular weight excluding hydrogens is 418 g/mol. The molecule has 2 fully saturated rings. The molecule has 166 valence electrons. The number of sulfone groups is 1. The van der Waals surface area contributed by atoms with Gasteiger partial charge in [0.05, 0.1) is 23.3 Å². The summed E-state index contributed by atoms with van der Waals surface area (Å²) in [6.45, 7) is 1.81. The van der Waals surface area contributed by atoms with E-state index in [0.717, 1.165) is 5.56 Å². The van der Waals surface area contributed by atoms with E-state index in [1.165, 1.54) is 12.5 Å². The van der Waals surface area contributed by atoms with Gasteiger partial charge in [-0.15, -0.1) is 0 Å². The van der Waals surface area contributed by atoms with Crippen molar-refractivity contribution in [1.29, 1.82) is 0 Å². The van der Waals surface area contributed by atoms with Crippen LogP contribution in [0.15, 0.2) is 53.3 Å². The van der Waals surface area contributed by atoms with Crippen molar-refractivity contribution < 1.29 is 22.4 Å². The van der Waals surface area contributed by atoms with Crippen molar-refractivity contribution in [1.82, 2.24) is 15.1 Å². The second kappa shape index (κ2) is 9.23. The Bertz CT molecular complexity index is 985.